The SMILES string of the molecule is CC(O)c1nc(-c2cscn2)n[nH]1. The molecule has 0 radical (unpaired) electrons. The second-order valence-electron chi connectivity index (χ2n) is 2.59. The number of aliphatic hydroxyl groups is 1. The van der Waals surface area contributed by atoms with Crippen molar-refractivity contribution >= 4 is 11.3 Å². The van der Waals surface area contributed by atoms with Crippen molar-refractivity contribution in [2.75, 3.05) is 0 Å². The molecular weight excluding hydrogens is 188 g/mol. The predicted molar refractivity (Wildman–Crippen MR) is 48.1 cm³/mol. The highest BCUT2D eigenvalue weighted by Gasteiger charge is 2.10. The van der Waals surface area contributed by atoms with Gasteiger partial charge >= 0.3 is 0 Å². The molecule has 13 heavy (non-hydrogen) atoms. The first-order chi connectivity index (χ1) is 6.27. The lowest BCUT2D eigenvalue weighted by Crippen LogP contribution is -1.93. The Morgan fingerprint density at radius 2 is 2.46 bits per heavy atom. The zero-order chi connectivity index (χ0) is 9.26. The van der Waals surface area contributed by atoms with E-state index < -0.39 is 6.10 Å². The van der Waals surface area contributed by atoms with E-state index in [0.717, 1.165) is 5.69 Å². The number of rotatable bonds is 2. The largest absolute Gasteiger partial charge is 0.385 e. The number of nitrogens with zero attached hydrogens (tertiary/aromatic N) is 3. The molecule has 6 heteroatoms. The van der Waals surface area contributed by atoms with E-state index in [4.69, 9.17) is 0 Å². The van der Waals surface area contributed by atoms with Crippen molar-refractivity contribution in [1.29, 1.82) is 0 Å². The molecule has 0 bridgehead atoms. The number of hydrogen-bond acceptors (Lipinski definition) is 5. The van der Waals surface area contributed by atoms with Gasteiger partial charge in [0.15, 0.2) is 5.82 Å². The van der Waals surface area contributed by atoms with Crippen molar-refractivity contribution in [2.24, 2.45) is 0 Å². The molecule has 0 aliphatic carbocycles. The zero-order valence-electron chi connectivity index (χ0n) is 6.93. The normalized spacial score (nSPS) is 13.1. The number of nitrogens with one attached hydrogen (secondary N) is 1. The first-order valence-electron chi connectivity index (χ1n) is 3.76. The van der Waals surface area contributed by atoms with Crippen molar-refractivity contribution < 1.29 is 5.11 Å². The van der Waals surface area contributed by atoms with Crippen LogP contribution in [0, 0.1) is 0 Å². The lowest BCUT2D eigenvalue weighted by molar-refractivity contribution is 0.189. The van der Waals surface area contributed by atoms with Crippen molar-refractivity contribution in [3.05, 3.63) is 16.7 Å². The second kappa shape index (κ2) is 3.23. The Balaban J connectivity index is 2.33. The Morgan fingerprint density at radius 3 is 3.00 bits per heavy atom. The van der Waals surface area contributed by atoms with E-state index in [1.54, 1.807) is 12.4 Å². The maximum Gasteiger partial charge on any atom is 0.200 e. The third-order valence-electron chi connectivity index (χ3n) is 1.56. The third-order valence-corrected chi connectivity index (χ3v) is 2.15. The molecule has 1 unspecified atom stereocenters. The molecule has 0 saturated heterocycles. The summed E-state index contributed by atoms with van der Waals surface area (Å²) in [5.74, 6) is 0.986. The molecule has 0 spiro atoms. The summed E-state index contributed by atoms with van der Waals surface area (Å²) in [5.41, 5.74) is 2.45. The molecule has 2 heterocycles. The number of aromatic nitrogens is 4. The average Bonchev–Trinajstić information content (AvgIpc) is 2.75. The lowest BCUT2D eigenvalue weighted by Gasteiger charge is -1.94. The van der Waals surface area contributed by atoms with Gasteiger partial charge in [-0.15, -0.1) is 11.3 Å². The molecule has 0 aliphatic rings. The quantitative estimate of drug-likeness (QED) is 0.750. The Hall–Kier alpha value is -1.27. The van der Waals surface area contributed by atoms with Gasteiger partial charge in [-0.2, -0.15) is 5.10 Å². The van der Waals surface area contributed by atoms with E-state index >= 15 is 0 Å². The molecule has 2 aromatic rings. The molecule has 5 nitrogen and oxygen atoms in total. The highest BCUT2D eigenvalue weighted by Crippen LogP contribution is 2.15. The lowest BCUT2D eigenvalue weighted by atomic mass is 10.4. The van der Waals surface area contributed by atoms with E-state index in [2.05, 4.69) is 20.2 Å². The summed E-state index contributed by atoms with van der Waals surface area (Å²) in [6, 6.07) is 0. The Labute approximate surface area is 78.5 Å². The van der Waals surface area contributed by atoms with Crippen LogP contribution in [0.1, 0.15) is 18.9 Å². The summed E-state index contributed by atoms with van der Waals surface area (Å²) in [7, 11) is 0. The minimum Gasteiger partial charge on any atom is -0.385 e. The van der Waals surface area contributed by atoms with Gasteiger partial charge in [0.25, 0.3) is 0 Å². The Bertz CT molecular complexity index is 381. The van der Waals surface area contributed by atoms with Crippen LogP contribution in [0.2, 0.25) is 0 Å². The molecule has 0 amide bonds. The van der Waals surface area contributed by atoms with E-state index in [0.29, 0.717) is 11.6 Å². The fourth-order valence-electron chi connectivity index (χ4n) is 0.899. The summed E-state index contributed by atoms with van der Waals surface area (Å²) in [4.78, 5) is 8.13. The molecule has 0 saturated carbocycles. The molecule has 68 valence electrons. The molecule has 2 N–H and O–H groups in total. The van der Waals surface area contributed by atoms with Crippen LogP contribution in [0.4, 0.5) is 0 Å². The van der Waals surface area contributed by atoms with Gasteiger partial charge in [-0.25, -0.2) is 9.97 Å². The molecule has 0 fully saturated rings. The van der Waals surface area contributed by atoms with Gasteiger partial charge in [0, 0.05) is 5.38 Å². The Morgan fingerprint density at radius 1 is 1.62 bits per heavy atom. The zero-order valence-corrected chi connectivity index (χ0v) is 7.75. The average molecular weight is 196 g/mol. The first kappa shape index (κ1) is 8.33. The number of hydrogen-bond donors (Lipinski definition) is 2. The van der Waals surface area contributed by atoms with Crippen LogP contribution in [-0.2, 0) is 0 Å². The van der Waals surface area contributed by atoms with E-state index in [1.165, 1.54) is 11.3 Å². The van der Waals surface area contributed by atoms with E-state index in [9.17, 15) is 5.11 Å². The van der Waals surface area contributed by atoms with Gasteiger partial charge in [0.1, 0.15) is 11.8 Å². The van der Waals surface area contributed by atoms with Crippen LogP contribution in [-0.4, -0.2) is 25.3 Å². The third kappa shape index (κ3) is 1.58. The van der Waals surface area contributed by atoms with Crippen LogP contribution in [0.5, 0.6) is 0 Å². The van der Waals surface area contributed by atoms with E-state index in [1.807, 2.05) is 5.38 Å². The Kier molecular flexibility index (Phi) is 2.07. The van der Waals surface area contributed by atoms with Crippen molar-refractivity contribution in [2.45, 2.75) is 13.0 Å². The minimum absolute atomic E-state index is 0.461. The number of thiazole rings is 1. The first-order valence-corrected chi connectivity index (χ1v) is 4.70. The predicted octanol–water partition coefficient (Wildman–Crippen LogP) is 0.981. The monoisotopic (exact) mass is 196 g/mol. The van der Waals surface area contributed by atoms with Gasteiger partial charge in [-0.1, -0.05) is 0 Å². The van der Waals surface area contributed by atoms with Gasteiger partial charge in [-0.05, 0) is 6.92 Å². The van der Waals surface area contributed by atoms with Gasteiger partial charge < -0.3 is 5.11 Å². The van der Waals surface area contributed by atoms with Crippen molar-refractivity contribution in [3.8, 4) is 11.5 Å². The van der Waals surface area contributed by atoms with Crippen LogP contribution in [0.3, 0.4) is 0 Å². The van der Waals surface area contributed by atoms with Gasteiger partial charge in [0.05, 0.1) is 5.51 Å². The minimum atomic E-state index is -0.625. The summed E-state index contributed by atoms with van der Waals surface area (Å²) in [5, 5.41) is 17.6. The molecule has 0 aromatic carbocycles. The number of aromatic amines is 1. The highest BCUT2D eigenvalue weighted by molar-refractivity contribution is 7.07. The maximum absolute atomic E-state index is 9.18. The molecular formula is C7H8N4OS. The summed E-state index contributed by atoms with van der Waals surface area (Å²) < 4.78 is 0. The molecule has 2 rings (SSSR count). The molecule has 2 aromatic heterocycles. The van der Waals surface area contributed by atoms with Gasteiger partial charge in [-0.3, -0.25) is 5.10 Å². The summed E-state index contributed by atoms with van der Waals surface area (Å²) in [6.07, 6.45) is -0.625. The fourth-order valence-corrected chi connectivity index (χ4v) is 1.43. The number of H-pyrrole nitrogens is 1. The van der Waals surface area contributed by atoms with Crippen molar-refractivity contribution in [3.63, 3.8) is 0 Å². The highest BCUT2D eigenvalue weighted by atomic mass is 32.1. The summed E-state index contributed by atoms with van der Waals surface area (Å²) >= 11 is 1.48. The van der Waals surface area contributed by atoms with Crippen LogP contribution < -0.4 is 0 Å². The summed E-state index contributed by atoms with van der Waals surface area (Å²) in [6.45, 7) is 1.63. The molecule has 1 atom stereocenters. The maximum atomic E-state index is 9.18. The standard InChI is InChI=1S/C7H8N4OS/c1-4(12)6-9-7(11-10-6)5-2-13-3-8-5/h2-4,12H,1H3,(H,9,10,11). The van der Waals surface area contributed by atoms with Crippen molar-refractivity contribution in [1.82, 2.24) is 20.2 Å². The smallest absolute Gasteiger partial charge is 0.200 e. The second-order valence-corrected chi connectivity index (χ2v) is 3.31. The molecule has 0 aliphatic heterocycles. The van der Waals surface area contributed by atoms with Crippen LogP contribution >= 0.6 is 11.3 Å². The fraction of sp³-hybridized carbons (Fsp3) is 0.286. The van der Waals surface area contributed by atoms with Crippen LogP contribution in [0.25, 0.3) is 11.5 Å². The number of aliphatic hydroxyl groups excluding tert-OH is 1. The van der Waals surface area contributed by atoms with Crippen LogP contribution in [0.15, 0.2) is 10.9 Å². The topological polar surface area (TPSA) is 74.7 Å². The van der Waals surface area contributed by atoms with E-state index in [-0.39, 0.29) is 0 Å². The van der Waals surface area contributed by atoms with Gasteiger partial charge in [0.2, 0.25) is 5.82 Å².